The maximum absolute atomic E-state index is 12.5. The number of carbonyl (C=O) groups is 1. The second-order valence-corrected chi connectivity index (χ2v) is 3.46. The molecule has 12 heteroatoms. The Hall–Kier alpha value is -2.04. The molecule has 0 fully saturated rings. The van der Waals surface area contributed by atoms with Crippen molar-refractivity contribution in [2.24, 2.45) is 0 Å². The molecule has 0 aliphatic rings. The van der Waals surface area contributed by atoms with E-state index in [4.69, 9.17) is 11.6 Å². The Morgan fingerprint density at radius 3 is 2.35 bits per heavy atom. The van der Waals surface area contributed by atoms with Crippen molar-refractivity contribution < 1.29 is 36.4 Å². The van der Waals surface area contributed by atoms with Crippen LogP contribution in [0.15, 0.2) is 6.07 Å². The second kappa shape index (κ2) is 5.53. The van der Waals surface area contributed by atoms with Crippen molar-refractivity contribution in [2.75, 3.05) is 0 Å². The molecule has 1 aromatic heterocycles. The van der Waals surface area contributed by atoms with Gasteiger partial charge in [0.15, 0.2) is 17.1 Å². The Morgan fingerprint density at radius 1 is 1.45 bits per heavy atom. The molecule has 0 aliphatic carbocycles. The lowest BCUT2D eigenvalue weighted by Gasteiger charge is -2.12. The third-order valence-electron chi connectivity index (χ3n) is 1.81. The van der Waals surface area contributed by atoms with Gasteiger partial charge in [0.25, 0.3) is 17.4 Å². The van der Waals surface area contributed by atoms with Gasteiger partial charge in [-0.1, -0.05) is 0 Å². The summed E-state index contributed by atoms with van der Waals surface area (Å²) >= 11 is 4.88. The number of nitro groups is 1. The molecule has 0 aliphatic heterocycles. The average Bonchev–Trinajstić information content (AvgIpc) is 2.25. The Bertz CT molecular complexity index is 563. The molecule has 20 heavy (non-hydrogen) atoms. The predicted molar refractivity (Wildman–Crippen MR) is 52.7 cm³/mol. The van der Waals surface area contributed by atoms with Crippen LogP contribution < -0.4 is 4.74 Å². The Kier molecular flexibility index (Phi) is 4.43. The van der Waals surface area contributed by atoms with E-state index in [-0.39, 0.29) is 6.07 Å². The minimum Gasteiger partial charge on any atom is -0.403 e. The lowest BCUT2D eigenvalue weighted by molar-refractivity contribution is -0.386. The standard InChI is InChI=1S/C8H2ClF5N2O4/c9-6(17)5-3(20-8(12,13)14)1-2(16(18)19)4(15-5)7(10)11/h1,7H. The van der Waals surface area contributed by atoms with Gasteiger partial charge in [-0.05, 0) is 11.6 Å². The quantitative estimate of drug-likeness (QED) is 0.368. The van der Waals surface area contributed by atoms with Crippen LogP contribution in [-0.4, -0.2) is 21.5 Å². The van der Waals surface area contributed by atoms with Crippen molar-refractivity contribution in [3.63, 3.8) is 0 Å². The summed E-state index contributed by atoms with van der Waals surface area (Å²) in [5, 5.41) is 8.86. The summed E-state index contributed by atoms with van der Waals surface area (Å²) in [5.41, 5.74) is -4.22. The van der Waals surface area contributed by atoms with Crippen LogP contribution >= 0.6 is 11.6 Å². The molecule has 1 aromatic rings. The highest BCUT2D eigenvalue weighted by Gasteiger charge is 2.36. The monoisotopic (exact) mass is 320 g/mol. The molecule has 0 spiro atoms. The normalized spacial score (nSPS) is 11.6. The second-order valence-electron chi connectivity index (χ2n) is 3.12. The SMILES string of the molecule is O=C(Cl)c1nc(C(F)F)c([N+](=O)[O-])cc1OC(F)(F)F. The molecular formula is C8H2ClF5N2O4. The third-order valence-corrected chi connectivity index (χ3v) is 1.99. The maximum Gasteiger partial charge on any atom is 0.573 e. The smallest absolute Gasteiger partial charge is 0.403 e. The maximum atomic E-state index is 12.5. The minimum atomic E-state index is -5.32. The largest absolute Gasteiger partial charge is 0.573 e. The van der Waals surface area contributed by atoms with Gasteiger partial charge in [0, 0.05) is 0 Å². The topological polar surface area (TPSA) is 82.3 Å². The number of ether oxygens (including phenoxy) is 1. The number of pyridine rings is 1. The summed E-state index contributed by atoms with van der Waals surface area (Å²) in [6.07, 6.45) is -8.81. The molecule has 1 heterocycles. The van der Waals surface area contributed by atoms with Gasteiger partial charge in [-0.15, -0.1) is 13.2 Å². The van der Waals surface area contributed by atoms with E-state index >= 15 is 0 Å². The summed E-state index contributed by atoms with van der Waals surface area (Å²) in [7, 11) is 0. The zero-order chi connectivity index (χ0) is 15.7. The van der Waals surface area contributed by atoms with Gasteiger partial charge >= 0.3 is 6.36 Å². The highest BCUT2D eigenvalue weighted by molar-refractivity contribution is 6.67. The van der Waals surface area contributed by atoms with Gasteiger partial charge in [0.2, 0.25) is 0 Å². The molecular weight excluding hydrogens is 319 g/mol. The van der Waals surface area contributed by atoms with Gasteiger partial charge < -0.3 is 4.74 Å². The van der Waals surface area contributed by atoms with Gasteiger partial charge in [-0.25, -0.2) is 13.8 Å². The van der Waals surface area contributed by atoms with E-state index in [9.17, 15) is 36.9 Å². The average molecular weight is 321 g/mol. The Morgan fingerprint density at radius 2 is 2.00 bits per heavy atom. The highest BCUT2D eigenvalue weighted by Crippen LogP contribution is 2.35. The van der Waals surface area contributed by atoms with Gasteiger partial charge in [-0.3, -0.25) is 14.9 Å². The first-order valence-corrected chi connectivity index (χ1v) is 4.83. The van der Waals surface area contributed by atoms with Crippen molar-refractivity contribution in [2.45, 2.75) is 12.8 Å². The van der Waals surface area contributed by atoms with Gasteiger partial charge in [0.05, 0.1) is 11.0 Å². The molecule has 0 radical (unpaired) electrons. The minimum absolute atomic E-state index is 0.0115. The third kappa shape index (κ3) is 3.73. The first kappa shape index (κ1) is 16.0. The number of aromatic nitrogens is 1. The summed E-state index contributed by atoms with van der Waals surface area (Å²) in [6, 6.07) is 0.0115. The van der Waals surface area contributed by atoms with E-state index in [1.165, 1.54) is 0 Å². The molecule has 0 saturated heterocycles. The van der Waals surface area contributed by atoms with Crippen molar-refractivity contribution >= 4 is 22.5 Å². The summed E-state index contributed by atoms with van der Waals surface area (Å²) in [6.45, 7) is 0. The number of carbonyl (C=O) groups excluding carboxylic acids is 1. The van der Waals surface area contributed by atoms with E-state index < -0.39 is 45.8 Å². The molecule has 6 nitrogen and oxygen atoms in total. The van der Waals surface area contributed by atoms with Crippen molar-refractivity contribution in [1.29, 1.82) is 0 Å². The fourth-order valence-corrected chi connectivity index (χ4v) is 1.28. The summed E-state index contributed by atoms with van der Waals surface area (Å²) in [4.78, 5) is 22.7. The molecule has 110 valence electrons. The number of halogens is 6. The van der Waals surface area contributed by atoms with Crippen LogP contribution in [0.5, 0.6) is 5.75 Å². The zero-order valence-corrected chi connectivity index (χ0v) is 9.71. The van der Waals surface area contributed by atoms with E-state index in [1.807, 2.05) is 0 Å². The first-order chi connectivity index (χ1) is 9.03. The molecule has 0 atom stereocenters. The molecule has 1 rings (SSSR count). The number of alkyl halides is 5. The number of nitrogens with zero attached hydrogens (tertiary/aromatic N) is 2. The number of rotatable bonds is 4. The lowest BCUT2D eigenvalue weighted by Crippen LogP contribution is -2.20. The van der Waals surface area contributed by atoms with Crippen molar-refractivity contribution in [1.82, 2.24) is 4.98 Å². The van der Waals surface area contributed by atoms with E-state index in [0.29, 0.717) is 0 Å². The molecule has 0 unspecified atom stereocenters. The molecule has 0 N–H and O–H groups in total. The summed E-state index contributed by atoms with van der Waals surface area (Å²) < 4.78 is 64.5. The lowest BCUT2D eigenvalue weighted by atomic mass is 10.2. The molecule has 0 amide bonds. The van der Waals surface area contributed by atoms with E-state index in [1.54, 1.807) is 0 Å². The van der Waals surface area contributed by atoms with Crippen LogP contribution in [0.4, 0.5) is 27.6 Å². The Labute approximate surface area is 111 Å². The van der Waals surface area contributed by atoms with Crippen LogP contribution in [0.25, 0.3) is 0 Å². The zero-order valence-electron chi connectivity index (χ0n) is 8.95. The number of hydrogen-bond acceptors (Lipinski definition) is 5. The fraction of sp³-hybridized carbons (Fsp3) is 0.250. The first-order valence-electron chi connectivity index (χ1n) is 4.46. The van der Waals surface area contributed by atoms with Crippen LogP contribution in [0.3, 0.4) is 0 Å². The van der Waals surface area contributed by atoms with Crippen LogP contribution in [-0.2, 0) is 0 Å². The van der Waals surface area contributed by atoms with E-state index in [0.717, 1.165) is 0 Å². The van der Waals surface area contributed by atoms with Gasteiger partial charge in [-0.2, -0.15) is 0 Å². The van der Waals surface area contributed by atoms with Crippen LogP contribution in [0, 0.1) is 10.1 Å². The molecule has 0 bridgehead atoms. The Balaban J connectivity index is 3.53. The van der Waals surface area contributed by atoms with Crippen LogP contribution in [0.1, 0.15) is 22.6 Å². The fourth-order valence-electron chi connectivity index (χ4n) is 1.15. The molecule has 0 saturated carbocycles. The van der Waals surface area contributed by atoms with E-state index in [2.05, 4.69) is 9.72 Å². The number of hydrogen-bond donors (Lipinski definition) is 0. The highest BCUT2D eigenvalue weighted by atomic mass is 35.5. The van der Waals surface area contributed by atoms with Gasteiger partial charge in [0.1, 0.15) is 0 Å². The summed E-state index contributed by atoms with van der Waals surface area (Å²) in [5.74, 6) is -1.44. The van der Waals surface area contributed by atoms with Crippen molar-refractivity contribution in [3.8, 4) is 5.75 Å². The van der Waals surface area contributed by atoms with Crippen molar-refractivity contribution in [3.05, 3.63) is 27.6 Å². The predicted octanol–water partition coefficient (Wildman–Crippen LogP) is 3.21. The molecule has 0 aromatic carbocycles. The van der Waals surface area contributed by atoms with Crippen LogP contribution in [0.2, 0.25) is 0 Å².